The summed E-state index contributed by atoms with van der Waals surface area (Å²) < 4.78 is 5.57. The minimum atomic E-state index is 0.650. The van der Waals surface area contributed by atoms with Crippen LogP contribution in [0.2, 0.25) is 0 Å². The number of benzene rings is 1. The second-order valence-corrected chi connectivity index (χ2v) is 4.87. The molecule has 0 saturated heterocycles. The molecule has 2 rings (SSSR count). The van der Waals surface area contributed by atoms with E-state index in [9.17, 15) is 0 Å². The minimum Gasteiger partial charge on any atom is -0.494 e. The molecule has 0 aliphatic heterocycles. The van der Waals surface area contributed by atoms with Gasteiger partial charge in [-0.15, -0.1) is 0 Å². The van der Waals surface area contributed by atoms with Crippen LogP contribution in [0.4, 0.5) is 5.69 Å². The number of rotatable bonds is 7. The van der Waals surface area contributed by atoms with E-state index in [0.29, 0.717) is 6.04 Å². The standard InChI is InChI=1S/C15H23NO/c1-3-11-17-14-9-7-13(8-10-14)16-15(4-2)12-5-6-12/h7-10,12,15-16H,3-6,11H2,1-2H3. The summed E-state index contributed by atoms with van der Waals surface area (Å²) in [6.45, 7) is 5.18. The fraction of sp³-hybridized carbons (Fsp3) is 0.600. The van der Waals surface area contributed by atoms with Crippen molar-refractivity contribution in [1.82, 2.24) is 0 Å². The Morgan fingerprint density at radius 2 is 1.94 bits per heavy atom. The Kier molecular flexibility index (Phi) is 4.29. The Hall–Kier alpha value is -1.18. The SMILES string of the molecule is CCCOc1ccc(NC(CC)C2CC2)cc1. The Labute approximate surface area is 104 Å². The van der Waals surface area contributed by atoms with Gasteiger partial charge in [0.05, 0.1) is 6.61 Å². The van der Waals surface area contributed by atoms with E-state index in [1.807, 2.05) is 0 Å². The second kappa shape index (κ2) is 5.95. The maximum Gasteiger partial charge on any atom is 0.119 e. The van der Waals surface area contributed by atoms with Crippen molar-refractivity contribution in [2.24, 2.45) is 5.92 Å². The van der Waals surface area contributed by atoms with E-state index in [2.05, 4.69) is 43.4 Å². The summed E-state index contributed by atoms with van der Waals surface area (Å²) in [5, 5.41) is 3.62. The summed E-state index contributed by atoms with van der Waals surface area (Å²) in [6, 6.07) is 9.00. The topological polar surface area (TPSA) is 21.3 Å². The van der Waals surface area contributed by atoms with Gasteiger partial charge in [0.2, 0.25) is 0 Å². The van der Waals surface area contributed by atoms with Gasteiger partial charge in [-0.1, -0.05) is 13.8 Å². The number of anilines is 1. The lowest BCUT2D eigenvalue weighted by Crippen LogP contribution is -2.20. The predicted octanol–water partition coefficient (Wildman–Crippen LogP) is 4.08. The van der Waals surface area contributed by atoms with Gasteiger partial charge in [-0.05, 0) is 55.9 Å². The van der Waals surface area contributed by atoms with Crippen molar-refractivity contribution in [2.75, 3.05) is 11.9 Å². The Morgan fingerprint density at radius 1 is 1.24 bits per heavy atom. The largest absolute Gasteiger partial charge is 0.494 e. The second-order valence-electron chi connectivity index (χ2n) is 4.87. The highest BCUT2D eigenvalue weighted by atomic mass is 16.5. The molecule has 2 nitrogen and oxygen atoms in total. The molecule has 1 aromatic carbocycles. The third-order valence-corrected chi connectivity index (χ3v) is 3.31. The molecule has 1 aliphatic carbocycles. The first-order valence-electron chi connectivity index (χ1n) is 6.83. The zero-order valence-electron chi connectivity index (χ0n) is 10.9. The van der Waals surface area contributed by atoms with Gasteiger partial charge < -0.3 is 10.1 Å². The van der Waals surface area contributed by atoms with Gasteiger partial charge in [0.1, 0.15) is 5.75 Å². The quantitative estimate of drug-likeness (QED) is 0.766. The van der Waals surface area contributed by atoms with Crippen molar-refractivity contribution >= 4 is 5.69 Å². The molecule has 1 saturated carbocycles. The van der Waals surface area contributed by atoms with E-state index >= 15 is 0 Å². The van der Waals surface area contributed by atoms with Crippen LogP contribution in [0.3, 0.4) is 0 Å². The van der Waals surface area contributed by atoms with Crippen LogP contribution in [0.1, 0.15) is 39.5 Å². The lowest BCUT2D eigenvalue weighted by molar-refractivity contribution is 0.317. The average molecular weight is 233 g/mol. The molecule has 2 heteroatoms. The van der Waals surface area contributed by atoms with Crippen molar-refractivity contribution in [2.45, 2.75) is 45.6 Å². The molecule has 1 aromatic rings. The molecule has 17 heavy (non-hydrogen) atoms. The van der Waals surface area contributed by atoms with Gasteiger partial charge >= 0.3 is 0 Å². The molecular weight excluding hydrogens is 210 g/mol. The van der Waals surface area contributed by atoms with Gasteiger partial charge in [0.25, 0.3) is 0 Å². The molecule has 1 N–H and O–H groups in total. The molecular formula is C15H23NO. The molecule has 94 valence electrons. The number of ether oxygens (including phenoxy) is 1. The van der Waals surface area contributed by atoms with Crippen LogP contribution in [0, 0.1) is 5.92 Å². The highest BCUT2D eigenvalue weighted by Crippen LogP contribution is 2.35. The van der Waals surface area contributed by atoms with Crippen molar-refractivity contribution in [3.05, 3.63) is 24.3 Å². The summed E-state index contributed by atoms with van der Waals surface area (Å²) in [5.41, 5.74) is 1.22. The molecule has 1 aliphatic rings. The van der Waals surface area contributed by atoms with Crippen LogP contribution in [0.5, 0.6) is 5.75 Å². The van der Waals surface area contributed by atoms with Crippen LogP contribution >= 0.6 is 0 Å². The molecule has 0 bridgehead atoms. The fourth-order valence-corrected chi connectivity index (χ4v) is 2.13. The summed E-state index contributed by atoms with van der Waals surface area (Å²) >= 11 is 0. The Bertz CT molecular complexity index is 329. The lowest BCUT2D eigenvalue weighted by Gasteiger charge is -2.17. The highest BCUT2D eigenvalue weighted by molar-refractivity contribution is 5.47. The number of nitrogens with one attached hydrogen (secondary N) is 1. The van der Waals surface area contributed by atoms with Gasteiger partial charge in [-0.25, -0.2) is 0 Å². The summed E-state index contributed by atoms with van der Waals surface area (Å²) in [6.07, 6.45) is 5.05. The first-order valence-corrected chi connectivity index (χ1v) is 6.83. The van der Waals surface area contributed by atoms with Crippen LogP contribution in [0.25, 0.3) is 0 Å². The lowest BCUT2D eigenvalue weighted by atomic mass is 10.1. The first kappa shape index (κ1) is 12.3. The number of hydrogen-bond donors (Lipinski definition) is 1. The van der Waals surface area contributed by atoms with Crippen LogP contribution in [-0.4, -0.2) is 12.6 Å². The molecule has 1 fully saturated rings. The third kappa shape index (κ3) is 3.65. The smallest absolute Gasteiger partial charge is 0.119 e. The van der Waals surface area contributed by atoms with E-state index in [4.69, 9.17) is 4.74 Å². The third-order valence-electron chi connectivity index (χ3n) is 3.31. The summed E-state index contributed by atoms with van der Waals surface area (Å²) in [4.78, 5) is 0. The highest BCUT2D eigenvalue weighted by Gasteiger charge is 2.29. The van der Waals surface area contributed by atoms with Crippen molar-refractivity contribution in [3.63, 3.8) is 0 Å². The Balaban J connectivity index is 1.88. The van der Waals surface area contributed by atoms with Crippen LogP contribution < -0.4 is 10.1 Å². The maximum atomic E-state index is 5.57. The molecule has 0 spiro atoms. The van der Waals surface area contributed by atoms with E-state index < -0.39 is 0 Å². The minimum absolute atomic E-state index is 0.650. The maximum absolute atomic E-state index is 5.57. The molecule has 1 atom stereocenters. The number of hydrogen-bond acceptors (Lipinski definition) is 2. The molecule has 0 radical (unpaired) electrons. The van der Waals surface area contributed by atoms with Crippen LogP contribution in [-0.2, 0) is 0 Å². The summed E-state index contributed by atoms with van der Waals surface area (Å²) in [7, 11) is 0. The summed E-state index contributed by atoms with van der Waals surface area (Å²) in [5.74, 6) is 1.87. The first-order chi connectivity index (χ1) is 8.33. The monoisotopic (exact) mass is 233 g/mol. The normalized spacial score (nSPS) is 16.6. The Morgan fingerprint density at radius 3 is 2.47 bits per heavy atom. The van der Waals surface area contributed by atoms with E-state index in [0.717, 1.165) is 24.7 Å². The van der Waals surface area contributed by atoms with E-state index in [-0.39, 0.29) is 0 Å². The molecule has 1 unspecified atom stereocenters. The molecule has 0 heterocycles. The van der Waals surface area contributed by atoms with E-state index in [1.165, 1.54) is 24.9 Å². The van der Waals surface area contributed by atoms with E-state index in [1.54, 1.807) is 0 Å². The molecule has 0 amide bonds. The van der Waals surface area contributed by atoms with Gasteiger partial charge in [-0.3, -0.25) is 0 Å². The van der Waals surface area contributed by atoms with Gasteiger partial charge in [-0.2, -0.15) is 0 Å². The fourth-order valence-electron chi connectivity index (χ4n) is 2.13. The average Bonchev–Trinajstić information content (AvgIpc) is 3.19. The van der Waals surface area contributed by atoms with Crippen LogP contribution in [0.15, 0.2) is 24.3 Å². The van der Waals surface area contributed by atoms with Crippen molar-refractivity contribution in [1.29, 1.82) is 0 Å². The van der Waals surface area contributed by atoms with Gasteiger partial charge in [0, 0.05) is 11.7 Å². The van der Waals surface area contributed by atoms with Crippen molar-refractivity contribution in [3.8, 4) is 5.75 Å². The predicted molar refractivity (Wildman–Crippen MR) is 72.7 cm³/mol. The molecule has 0 aromatic heterocycles. The van der Waals surface area contributed by atoms with Gasteiger partial charge in [0.15, 0.2) is 0 Å². The zero-order chi connectivity index (χ0) is 12.1. The van der Waals surface area contributed by atoms with Crippen molar-refractivity contribution < 1.29 is 4.74 Å². The zero-order valence-corrected chi connectivity index (χ0v) is 10.9.